The Labute approximate surface area is 90.9 Å². The van der Waals surface area contributed by atoms with Crippen LogP contribution in [0.2, 0.25) is 0 Å². The van der Waals surface area contributed by atoms with Crippen LogP contribution in [-0.4, -0.2) is 17.1 Å². The van der Waals surface area contributed by atoms with Crippen LogP contribution in [-0.2, 0) is 4.74 Å². The molecule has 0 fully saturated rings. The highest BCUT2D eigenvalue weighted by Gasteiger charge is 2.13. The van der Waals surface area contributed by atoms with E-state index in [0.717, 1.165) is 23.5 Å². The van der Waals surface area contributed by atoms with Gasteiger partial charge in [-0.05, 0) is 20.3 Å². The minimum Gasteiger partial charge on any atom is -0.373 e. The van der Waals surface area contributed by atoms with Gasteiger partial charge in [0.05, 0.1) is 0 Å². The number of nitrogens with two attached hydrogens (primary N) is 1. The number of aryl methyl sites for hydroxylation is 1. The second-order valence-corrected chi connectivity index (χ2v) is 3.69. The number of hydrogen-bond donors (Lipinski definition) is 1. The number of ether oxygens (including phenoxy) is 1. The van der Waals surface area contributed by atoms with E-state index in [1.54, 1.807) is 13.3 Å². The van der Waals surface area contributed by atoms with E-state index in [0.29, 0.717) is 0 Å². The third-order valence-corrected chi connectivity index (χ3v) is 2.47. The molecule has 0 radical (unpaired) electrons. The molecule has 0 amide bonds. The second-order valence-electron chi connectivity index (χ2n) is 3.69. The van der Waals surface area contributed by atoms with Gasteiger partial charge < -0.3 is 10.5 Å². The van der Waals surface area contributed by atoms with Gasteiger partial charge >= 0.3 is 0 Å². The molecule has 0 aliphatic heterocycles. The zero-order chi connectivity index (χ0) is 11.4. The Morgan fingerprint density at radius 3 is 2.60 bits per heavy atom. The first kappa shape index (κ1) is 12.1. The van der Waals surface area contributed by atoms with E-state index >= 15 is 0 Å². The molecule has 1 heterocycles. The van der Waals surface area contributed by atoms with Crippen molar-refractivity contribution in [1.82, 2.24) is 9.97 Å². The molecule has 1 aromatic rings. The van der Waals surface area contributed by atoms with Crippen LogP contribution in [0.15, 0.2) is 6.20 Å². The van der Waals surface area contributed by atoms with Gasteiger partial charge in [0.25, 0.3) is 0 Å². The molecule has 0 aliphatic carbocycles. The Balaban J connectivity index is 3.00. The van der Waals surface area contributed by atoms with E-state index in [1.165, 1.54) is 0 Å². The molecule has 0 aromatic carbocycles. The van der Waals surface area contributed by atoms with Crippen molar-refractivity contribution in [1.29, 1.82) is 0 Å². The predicted molar refractivity (Wildman–Crippen MR) is 59.4 cm³/mol. The summed E-state index contributed by atoms with van der Waals surface area (Å²) in [6.07, 6.45) is 2.64. The maximum absolute atomic E-state index is 5.79. The van der Waals surface area contributed by atoms with E-state index in [4.69, 9.17) is 10.5 Å². The third kappa shape index (κ3) is 2.73. The van der Waals surface area contributed by atoms with Crippen molar-refractivity contribution >= 4 is 0 Å². The zero-order valence-corrected chi connectivity index (χ0v) is 9.82. The fraction of sp³-hybridized carbons (Fsp3) is 0.636. The molecule has 4 heteroatoms. The van der Waals surface area contributed by atoms with Crippen LogP contribution in [0.3, 0.4) is 0 Å². The highest BCUT2D eigenvalue weighted by molar-refractivity contribution is 5.19. The van der Waals surface area contributed by atoms with Crippen LogP contribution in [0, 0.1) is 6.92 Å². The highest BCUT2D eigenvalue weighted by atomic mass is 16.5. The molecule has 1 aromatic heterocycles. The van der Waals surface area contributed by atoms with Crippen molar-refractivity contribution in [3.8, 4) is 0 Å². The second kappa shape index (κ2) is 5.19. The van der Waals surface area contributed by atoms with Gasteiger partial charge in [0, 0.05) is 30.6 Å². The lowest BCUT2D eigenvalue weighted by Crippen LogP contribution is -2.12. The van der Waals surface area contributed by atoms with E-state index in [-0.39, 0.29) is 12.1 Å². The Morgan fingerprint density at radius 2 is 2.20 bits per heavy atom. The Morgan fingerprint density at radius 1 is 1.53 bits per heavy atom. The van der Waals surface area contributed by atoms with Crippen molar-refractivity contribution < 1.29 is 4.74 Å². The molecule has 4 nitrogen and oxygen atoms in total. The Hall–Kier alpha value is -1.00. The number of hydrogen-bond acceptors (Lipinski definition) is 4. The summed E-state index contributed by atoms with van der Waals surface area (Å²) >= 11 is 0. The molecule has 1 rings (SSSR count). The fourth-order valence-electron chi connectivity index (χ4n) is 1.55. The Kier molecular flexibility index (Phi) is 4.17. The summed E-state index contributed by atoms with van der Waals surface area (Å²) in [6.45, 7) is 5.93. The van der Waals surface area contributed by atoms with Crippen molar-refractivity contribution in [3.05, 3.63) is 23.3 Å². The van der Waals surface area contributed by atoms with E-state index < -0.39 is 0 Å². The topological polar surface area (TPSA) is 61.0 Å². The SMILES string of the molecule is CCC(OC)c1ncc(C(C)N)c(C)n1. The first-order chi connectivity index (χ1) is 7.10. The van der Waals surface area contributed by atoms with E-state index in [2.05, 4.69) is 9.97 Å². The van der Waals surface area contributed by atoms with Gasteiger partial charge in [0.1, 0.15) is 6.10 Å². The fourth-order valence-corrected chi connectivity index (χ4v) is 1.55. The van der Waals surface area contributed by atoms with Crippen molar-refractivity contribution in [2.45, 2.75) is 39.3 Å². The van der Waals surface area contributed by atoms with Gasteiger partial charge in [-0.25, -0.2) is 9.97 Å². The quantitative estimate of drug-likeness (QED) is 0.822. The summed E-state index contributed by atoms with van der Waals surface area (Å²) < 4.78 is 5.28. The standard InChI is InChI=1S/C11H19N3O/c1-5-10(15-4)11-13-6-9(7(2)12)8(3)14-11/h6-7,10H,5,12H2,1-4H3. The lowest BCUT2D eigenvalue weighted by atomic mass is 10.1. The number of aromatic nitrogens is 2. The van der Waals surface area contributed by atoms with Gasteiger partial charge in [0.2, 0.25) is 0 Å². The summed E-state index contributed by atoms with van der Waals surface area (Å²) in [5, 5.41) is 0. The maximum Gasteiger partial charge on any atom is 0.157 e. The van der Waals surface area contributed by atoms with Gasteiger partial charge in [-0.1, -0.05) is 6.92 Å². The molecule has 0 spiro atoms. The van der Waals surface area contributed by atoms with E-state index in [9.17, 15) is 0 Å². The third-order valence-electron chi connectivity index (χ3n) is 2.47. The monoisotopic (exact) mass is 209 g/mol. The van der Waals surface area contributed by atoms with Crippen LogP contribution in [0.1, 0.15) is 49.5 Å². The average molecular weight is 209 g/mol. The molecular formula is C11H19N3O. The maximum atomic E-state index is 5.79. The molecule has 0 saturated carbocycles. The van der Waals surface area contributed by atoms with Crippen molar-refractivity contribution in [3.63, 3.8) is 0 Å². The Bertz CT molecular complexity index is 322. The van der Waals surface area contributed by atoms with Crippen molar-refractivity contribution in [2.24, 2.45) is 5.73 Å². The molecule has 2 unspecified atom stereocenters. The summed E-state index contributed by atoms with van der Waals surface area (Å²) in [7, 11) is 1.67. The van der Waals surface area contributed by atoms with Crippen LogP contribution >= 0.6 is 0 Å². The summed E-state index contributed by atoms with van der Waals surface area (Å²) in [6, 6.07) is -0.0262. The van der Waals surface area contributed by atoms with Crippen LogP contribution in [0.5, 0.6) is 0 Å². The molecule has 0 aliphatic rings. The number of methoxy groups -OCH3 is 1. The molecule has 2 atom stereocenters. The largest absolute Gasteiger partial charge is 0.373 e. The predicted octanol–water partition coefficient (Wildman–Crippen LogP) is 1.90. The van der Waals surface area contributed by atoms with Crippen LogP contribution in [0.25, 0.3) is 0 Å². The normalized spacial score (nSPS) is 15.0. The molecule has 2 N–H and O–H groups in total. The average Bonchev–Trinajstić information content (AvgIpc) is 2.19. The smallest absolute Gasteiger partial charge is 0.157 e. The highest BCUT2D eigenvalue weighted by Crippen LogP contribution is 2.19. The lowest BCUT2D eigenvalue weighted by molar-refractivity contribution is 0.0923. The molecule has 0 bridgehead atoms. The summed E-state index contributed by atoms with van der Waals surface area (Å²) in [4.78, 5) is 8.71. The van der Waals surface area contributed by atoms with Gasteiger partial charge in [0.15, 0.2) is 5.82 Å². The van der Waals surface area contributed by atoms with Gasteiger partial charge in [-0.15, -0.1) is 0 Å². The van der Waals surface area contributed by atoms with Gasteiger partial charge in [-0.3, -0.25) is 0 Å². The number of nitrogens with zero attached hydrogens (tertiary/aromatic N) is 2. The summed E-state index contributed by atoms with van der Waals surface area (Å²) in [5.74, 6) is 0.738. The molecular weight excluding hydrogens is 190 g/mol. The summed E-state index contributed by atoms with van der Waals surface area (Å²) in [5.41, 5.74) is 7.72. The minimum atomic E-state index is -0.0262. The van der Waals surface area contributed by atoms with Crippen LogP contribution in [0.4, 0.5) is 0 Å². The molecule has 84 valence electrons. The molecule has 0 saturated heterocycles. The van der Waals surface area contributed by atoms with Gasteiger partial charge in [-0.2, -0.15) is 0 Å². The number of rotatable bonds is 4. The van der Waals surface area contributed by atoms with Crippen molar-refractivity contribution in [2.75, 3.05) is 7.11 Å². The zero-order valence-electron chi connectivity index (χ0n) is 9.82. The van der Waals surface area contributed by atoms with Crippen LogP contribution < -0.4 is 5.73 Å². The molecule has 15 heavy (non-hydrogen) atoms. The first-order valence-corrected chi connectivity index (χ1v) is 5.22. The minimum absolute atomic E-state index is 0.0224. The lowest BCUT2D eigenvalue weighted by Gasteiger charge is -2.14. The van der Waals surface area contributed by atoms with E-state index in [1.807, 2.05) is 20.8 Å². The first-order valence-electron chi connectivity index (χ1n) is 5.22.